The van der Waals surface area contributed by atoms with Crippen molar-refractivity contribution >= 4 is 51.2 Å². The minimum absolute atomic E-state index is 0.0393. The first-order chi connectivity index (χ1) is 18.7. The van der Waals surface area contributed by atoms with Crippen molar-refractivity contribution in [1.29, 1.82) is 0 Å². The Morgan fingerprint density at radius 1 is 0.974 bits per heavy atom. The minimum Gasteiger partial charge on any atom is -0.507 e. The number of nitro groups is 2. The lowest BCUT2D eigenvalue weighted by Crippen LogP contribution is -2.19. The van der Waals surface area contributed by atoms with Crippen LogP contribution in [-0.4, -0.2) is 31.6 Å². The number of thiazole rings is 1. The van der Waals surface area contributed by atoms with Gasteiger partial charge in [-0.3, -0.25) is 25.0 Å². The zero-order valence-electron chi connectivity index (χ0n) is 20.3. The predicted molar refractivity (Wildman–Crippen MR) is 147 cm³/mol. The maximum Gasteiger partial charge on any atom is 0.275 e. The fourth-order valence-electron chi connectivity index (χ4n) is 3.36. The molecule has 0 atom stereocenters. The smallest absolute Gasteiger partial charge is 0.275 e. The second-order valence-corrected chi connectivity index (χ2v) is 9.00. The summed E-state index contributed by atoms with van der Waals surface area (Å²) >= 11 is 1.24. The molecule has 1 amide bonds. The normalized spacial score (nSPS) is 11.4. The number of non-ortho nitro benzene ring substituents is 2. The quantitative estimate of drug-likeness (QED) is 0.139. The van der Waals surface area contributed by atoms with E-state index in [2.05, 4.69) is 20.8 Å². The highest BCUT2D eigenvalue weighted by atomic mass is 32.1. The molecule has 13 heteroatoms. The van der Waals surface area contributed by atoms with E-state index >= 15 is 0 Å². The van der Waals surface area contributed by atoms with Crippen LogP contribution >= 0.6 is 11.3 Å². The number of aryl methyl sites for hydroxylation is 1. The summed E-state index contributed by atoms with van der Waals surface area (Å²) in [6.07, 6.45) is 3.31. The number of nitrogens with zero attached hydrogens (tertiary/aromatic N) is 4. The largest absolute Gasteiger partial charge is 0.507 e. The van der Waals surface area contributed by atoms with E-state index in [0.717, 1.165) is 0 Å². The number of aromatic nitrogens is 1. The average Bonchev–Trinajstić information content (AvgIpc) is 3.28. The van der Waals surface area contributed by atoms with Crippen molar-refractivity contribution in [3.63, 3.8) is 0 Å². The molecule has 0 bridgehead atoms. The van der Waals surface area contributed by atoms with Crippen LogP contribution in [0.4, 0.5) is 22.2 Å². The molecule has 3 N–H and O–H groups in total. The van der Waals surface area contributed by atoms with Crippen LogP contribution in [0, 0.1) is 27.2 Å². The molecule has 0 spiro atoms. The summed E-state index contributed by atoms with van der Waals surface area (Å²) in [5.41, 5.74) is 4.58. The van der Waals surface area contributed by atoms with Gasteiger partial charge in [0.25, 0.3) is 17.3 Å². The Kier molecular flexibility index (Phi) is 8.02. The number of carbonyl (C=O) groups is 1. The highest BCUT2D eigenvalue weighted by Crippen LogP contribution is 2.28. The van der Waals surface area contributed by atoms with Crippen LogP contribution in [0.1, 0.15) is 26.5 Å². The van der Waals surface area contributed by atoms with E-state index < -0.39 is 15.8 Å². The number of allylic oxidation sites excluding steroid dienone is 1. The zero-order valence-corrected chi connectivity index (χ0v) is 21.1. The number of hydrogen-bond acceptors (Lipinski definition) is 10. The molecule has 0 aliphatic heterocycles. The Hall–Kier alpha value is -5.43. The van der Waals surface area contributed by atoms with Gasteiger partial charge in [0.1, 0.15) is 11.5 Å². The summed E-state index contributed by atoms with van der Waals surface area (Å²) in [7, 11) is 0. The highest BCUT2D eigenvalue weighted by Gasteiger charge is 2.15. The Morgan fingerprint density at radius 3 is 2.21 bits per heavy atom. The Balaban J connectivity index is 1.63. The van der Waals surface area contributed by atoms with Crippen LogP contribution in [0.2, 0.25) is 0 Å². The highest BCUT2D eigenvalue weighted by molar-refractivity contribution is 7.17. The Bertz CT molecular complexity index is 1600. The molecule has 0 unspecified atom stereocenters. The van der Waals surface area contributed by atoms with Crippen molar-refractivity contribution in [2.75, 3.05) is 5.32 Å². The number of phenolic OH excluding ortho intramolecular Hbond substituents is 1. The SMILES string of the molecule is Cc1nc(Nc2ccc([N+](=O)[O-])cc2)sc1/C(C=Cc1ccc([N+](=O)[O-])cc1)=N/NC(=O)c1ccccc1O. The molecule has 4 rings (SSSR count). The Morgan fingerprint density at radius 2 is 1.59 bits per heavy atom. The van der Waals surface area contributed by atoms with E-state index in [1.807, 2.05) is 0 Å². The fourth-order valence-corrected chi connectivity index (χ4v) is 4.32. The predicted octanol–water partition coefficient (Wildman–Crippen LogP) is 5.56. The second-order valence-electron chi connectivity index (χ2n) is 8.00. The maximum atomic E-state index is 12.6. The first-order valence-electron chi connectivity index (χ1n) is 11.3. The Labute approximate surface area is 225 Å². The van der Waals surface area contributed by atoms with Gasteiger partial charge in [0.2, 0.25) is 0 Å². The zero-order chi connectivity index (χ0) is 27.9. The molecule has 12 nitrogen and oxygen atoms in total. The minimum atomic E-state index is -0.624. The van der Waals surface area contributed by atoms with Crippen molar-refractivity contribution in [2.24, 2.45) is 5.10 Å². The number of rotatable bonds is 9. The molecule has 4 aromatic rings. The van der Waals surface area contributed by atoms with Crippen LogP contribution in [0.5, 0.6) is 5.75 Å². The third-order valence-corrected chi connectivity index (χ3v) is 6.42. The topological polar surface area (TPSA) is 173 Å². The van der Waals surface area contributed by atoms with Gasteiger partial charge < -0.3 is 10.4 Å². The van der Waals surface area contributed by atoms with Crippen molar-refractivity contribution in [3.8, 4) is 5.75 Å². The number of nitrogens with one attached hydrogen (secondary N) is 2. The van der Waals surface area contributed by atoms with E-state index in [1.165, 1.54) is 47.7 Å². The van der Waals surface area contributed by atoms with Crippen molar-refractivity contribution in [2.45, 2.75) is 6.92 Å². The number of hydrogen-bond donors (Lipinski definition) is 3. The first-order valence-corrected chi connectivity index (χ1v) is 12.1. The van der Waals surface area contributed by atoms with Gasteiger partial charge >= 0.3 is 0 Å². The number of aromatic hydroxyl groups is 1. The number of phenols is 1. The number of nitro benzene ring substituents is 2. The van der Waals surface area contributed by atoms with Gasteiger partial charge in [0.15, 0.2) is 5.13 Å². The van der Waals surface area contributed by atoms with Crippen LogP contribution in [-0.2, 0) is 0 Å². The van der Waals surface area contributed by atoms with Crippen LogP contribution in [0.3, 0.4) is 0 Å². The lowest BCUT2D eigenvalue weighted by molar-refractivity contribution is -0.385. The molecule has 3 aromatic carbocycles. The molecule has 0 saturated heterocycles. The first kappa shape index (κ1) is 26.6. The fraction of sp³-hybridized carbons (Fsp3) is 0.0385. The third kappa shape index (κ3) is 6.67. The van der Waals surface area contributed by atoms with Crippen molar-refractivity contribution in [3.05, 3.63) is 121 Å². The number of anilines is 2. The van der Waals surface area contributed by atoms with Crippen molar-refractivity contribution in [1.82, 2.24) is 10.4 Å². The molecule has 0 radical (unpaired) electrons. The van der Waals surface area contributed by atoms with Gasteiger partial charge in [-0.2, -0.15) is 5.10 Å². The summed E-state index contributed by atoms with van der Waals surface area (Å²) in [6, 6.07) is 17.8. The van der Waals surface area contributed by atoms with E-state index in [0.29, 0.717) is 32.7 Å². The van der Waals surface area contributed by atoms with Gasteiger partial charge in [-0.05, 0) is 55.0 Å². The maximum absolute atomic E-state index is 12.6. The molecule has 0 saturated carbocycles. The molecule has 0 fully saturated rings. The number of carbonyl (C=O) groups excluding carboxylic acids is 1. The summed E-state index contributed by atoms with van der Waals surface area (Å²) < 4.78 is 0. The number of amides is 1. The number of para-hydroxylation sites is 1. The molecule has 0 aliphatic rings. The van der Waals surface area contributed by atoms with E-state index in [9.17, 15) is 30.1 Å². The van der Waals surface area contributed by atoms with Crippen molar-refractivity contribution < 1.29 is 19.7 Å². The molecule has 1 heterocycles. The summed E-state index contributed by atoms with van der Waals surface area (Å²) in [6.45, 7) is 1.76. The lowest BCUT2D eigenvalue weighted by Gasteiger charge is -2.05. The average molecular weight is 545 g/mol. The van der Waals surface area contributed by atoms with E-state index in [4.69, 9.17) is 0 Å². The second kappa shape index (κ2) is 11.7. The monoisotopic (exact) mass is 544 g/mol. The summed E-state index contributed by atoms with van der Waals surface area (Å²) in [4.78, 5) is 38.6. The van der Waals surface area contributed by atoms with Crippen LogP contribution in [0.25, 0.3) is 6.08 Å². The van der Waals surface area contributed by atoms with E-state index in [-0.39, 0.29) is 22.7 Å². The van der Waals surface area contributed by atoms with E-state index in [1.54, 1.807) is 55.5 Å². The molecule has 196 valence electrons. The van der Waals surface area contributed by atoms with Gasteiger partial charge in [-0.1, -0.05) is 29.5 Å². The van der Waals surface area contributed by atoms with Crippen LogP contribution < -0.4 is 10.7 Å². The van der Waals surface area contributed by atoms with Gasteiger partial charge in [0.05, 0.1) is 26.0 Å². The number of benzene rings is 3. The van der Waals surface area contributed by atoms with Crippen LogP contribution in [0.15, 0.2) is 84.0 Å². The standard InChI is InChI=1S/C26H20N6O6S/c1-16-24(39-26(27-16)28-18-9-13-20(14-10-18)32(37)38)22(15-8-17-6-11-19(12-7-17)31(35)36)29-30-25(34)21-4-2-3-5-23(21)33/h2-15,33H,1H3,(H,27,28)(H,30,34)/b15-8?,29-22+. The summed E-state index contributed by atoms with van der Waals surface area (Å²) in [5, 5.41) is 39.7. The molecule has 1 aromatic heterocycles. The van der Waals surface area contributed by atoms with Gasteiger partial charge in [-0.15, -0.1) is 0 Å². The van der Waals surface area contributed by atoms with Gasteiger partial charge in [-0.25, -0.2) is 10.4 Å². The molecule has 0 aliphatic carbocycles. The lowest BCUT2D eigenvalue weighted by atomic mass is 10.1. The molecule has 39 heavy (non-hydrogen) atoms. The third-order valence-electron chi connectivity index (χ3n) is 5.32. The molecular weight excluding hydrogens is 524 g/mol. The summed E-state index contributed by atoms with van der Waals surface area (Å²) in [5.74, 6) is -0.822. The number of hydrazone groups is 1. The molecular formula is C26H20N6O6S. The van der Waals surface area contributed by atoms with Gasteiger partial charge in [0, 0.05) is 30.0 Å².